The Labute approximate surface area is 131 Å². The highest BCUT2D eigenvalue weighted by atomic mass is 16.4. The SMILES string of the molecule is Cc1c(C(=O)N2CCCCC2C)oc2c1C(=O)CC(C)(C)C2. The molecule has 4 nitrogen and oxygen atoms in total. The standard InChI is InChI=1S/C18H25NO3/c1-11-7-5-6-8-19(11)17(21)16-12(2)15-13(20)9-18(3,4)10-14(15)22-16/h11H,5-10H2,1-4H3. The van der Waals surface area contributed by atoms with Gasteiger partial charge >= 0.3 is 0 Å². The van der Waals surface area contributed by atoms with Crippen molar-refractivity contribution in [3.63, 3.8) is 0 Å². The fraction of sp³-hybridized carbons (Fsp3) is 0.667. The molecule has 1 aliphatic carbocycles. The lowest BCUT2D eigenvalue weighted by Crippen LogP contribution is -2.42. The first-order valence-corrected chi connectivity index (χ1v) is 8.26. The summed E-state index contributed by atoms with van der Waals surface area (Å²) in [4.78, 5) is 27.2. The second-order valence-corrected chi connectivity index (χ2v) is 7.64. The molecule has 0 bridgehead atoms. The summed E-state index contributed by atoms with van der Waals surface area (Å²) in [7, 11) is 0. The predicted molar refractivity (Wildman–Crippen MR) is 84.2 cm³/mol. The summed E-state index contributed by atoms with van der Waals surface area (Å²) in [6.45, 7) is 8.86. The Morgan fingerprint density at radius 1 is 1.27 bits per heavy atom. The molecule has 4 heteroatoms. The fourth-order valence-corrected chi connectivity index (χ4v) is 3.82. The first-order valence-electron chi connectivity index (χ1n) is 8.26. The molecular formula is C18H25NO3. The Morgan fingerprint density at radius 2 is 2.00 bits per heavy atom. The van der Waals surface area contributed by atoms with Crippen molar-refractivity contribution in [3.8, 4) is 0 Å². The van der Waals surface area contributed by atoms with Crippen molar-refractivity contribution in [2.75, 3.05) is 6.54 Å². The Kier molecular flexibility index (Phi) is 3.66. The molecule has 0 spiro atoms. The van der Waals surface area contributed by atoms with Crippen molar-refractivity contribution in [2.45, 2.75) is 65.8 Å². The van der Waals surface area contributed by atoms with Crippen LogP contribution in [0, 0.1) is 12.3 Å². The monoisotopic (exact) mass is 303 g/mol. The Balaban J connectivity index is 1.96. The van der Waals surface area contributed by atoms with Gasteiger partial charge in [-0.25, -0.2) is 0 Å². The molecule has 0 N–H and O–H groups in total. The summed E-state index contributed by atoms with van der Waals surface area (Å²) in [5.41, 5.74) is 1.30. The molecule has 2 aliphatic rings. The van der Waals surface area contributed by atoms with Gasteiger partial charge in [-0.1, -0.05) is 13.8 Å². The number of likely N-dealkylation sites (tertiary alicyclic amines) is 1. The number of carbonyl (C=O) groups excluding carboxylic acids is 2. The van der Waals surface area contributed by atoms with Gasteiger partial charge < -0.3 is 9.32 Å². The third-order valence-corrected chi connectivity index (χ3v) is 5.03. The minimum atomic E-state index is -0.0902. The maximum atomic E-state index is 12.8. The molecule has 120 valence electrons. The molecule has 1 atom stereocenters. The second kappa shape index (κ2) is 5.25. The van der Waals surface area contributed by atoms with E-state index in [0.29, 0.717) is 23.5 Å². The van der Waals surface area contributed by atoms with E-state index in [2.05, 4.69) is 20.8 Å². The second-order valence-electron chi connectivity index (χ2n) is 7.64. The lowest BCUT2D eigenvalue weighted by molar-refractivity contribution is 0.0597. The number of amides is 1. The van der Waals surface area contributed by atoms with Crippen molar-refractivity contribution < 1.29 is 14.0 Å². The maximum Gasteiger partial charge on any atom is 0.290 e. The van der Waals surface area contributed by atoms with E-state index < -0.39 is 0 Å². The highest BCUT2D eigenvalue weighted by Gasteiger charge is 2.38. The number of carbonyl (C=O) groups is 2. The van der Waals surface area contributed by atoms with Gasteiger partial charge in [0.25, 0.3) is 5.91 Å². The van der Waals surface area contributed by atoms with Gasteiger partial charge in [-0.15, -0.1) is 0 Å². The summed E-state index contributed by atoms with van der Waals surface area (Å²) in [6.07, 6.45) is 4.50. The van der Waals surface area contributed by atoms with Gasteiger partial charge in [0.1, 0.15) is 5.76 Å². The molecule has 1 fully saturated rings. The Hall–Kier alpha value is -1.58. The van der Waals surface area contributed by atoms with Gasteiger partial charge in [0, 0.05) is 31.0 Å². The van der Waals surface area contributed by atoms with Crippen molar-refractivity contribution >= 4 is 11.7 Å². The van der Waals surface area contributed by atoms with Gasteiger partial charge in [-0.2, -0.15) is 0 Å². The third-order valence-electron chi connectivity index (χ3n) is 5.03. The van der Waals surface area contributed by atoms with Crippen LogP contribution in [0.5, 0.6) is 0 Å². The number of piperidine rings is 1. The smallest absolute Gasteiger partial charge is 0.290 e. The third kappa shape index (κ3) is 2.49. The minimum Gasteiger partial charge on any atom is -0.455 e. The summed E-state index contributed by atoms with van der Waals surface area (Å²) in [5.74, 6) is 1.14. The molecule has 1 aromatic heterocycles. The van der Waals surface area contributed by atoms with E-state index in [4.69, 9.17) is 4.42 Å². The lowest BCUT2D eigenvalue weighted by Gasteiger charge is -2.32. The van der Waals surface area contributed by atoms with Crippen LogP contribution in [0.2, 0.25) is 0 Å². The molecule has 0 aromatic carbocycles. The van der Waals surface area contributed by atoms with Crippen LogP contribution < -0.4 is 0 Å². The zero-order valence-electron chi connectivity index (χ0n) is 14.0. The van der Waals surface area contributed by atoms with Crippen molar-refractivity contribution in [1.82, 2.24) is 4.90 Å². The van der Waals surface area contributed by atoms with Gasteiger partial charge in [0.05, 0.1) is 5.56 Å². The first-order chi connectivity index (χ1) is 10.3. The van der Waals surface area contributed by atoms with Crippen molar-refractivity contribution in [3.05, 3.63) is 22.6 Å². The molecular weight excluding hydrogens is 278 g/mol. The topological polar surface area (TPSA) is 50.5 Å². The number of nitrogens with zero attached hydrogens (tertiary/aromatic N) is 1. The first kappa shape index (κ1) is 15.3. The van der Waals surface area contributed by atoms with Gasteiger partial charge in [0.15, 0.2) is 11.5 Å². The number of fused-ring (bicyclic) bond motifs is 1. The molecule has 0 saturated carbocycles. The largest absolute Gasteiger partial charge is 0.455 e. The van der Waals surface area contributed by atoms with Crippen LogP contribution in [0.1, 0.15) is 78.7 Å². The zero-order chi connectivity index (χ0) is 16.1. The van der Waals surface area contributed by atoms with Gasteiger partial charge in [-0.3, -0.25) is 9.59 Å². The average molecular weight is 303 g/mol. The van der Waals surface area contributed by atoms with E-state index >= 15 is 0 Å². The lowest BCUT2D eigenvalue weighted by atomic mass is 9.76. The number of ketones is 1. The number of hydrogen-bond donors (Lipinski definition) is 0. The highest BCUT2D eigenvalue weighted by molar-refractivity contribution is 6.03. The van der Waals surface area contributed by atoms with Crippen LogP contribution in [0.15, 0.2) is 4.42 Å². The van der Waals surface area contributed by atoms with Crippen LogP contribution in [0.4, 0.5) is 0 Å². The van der Waals surface area contributed by atoms with E-state index in [0.717, 1.165) is 31.4 Å². The zero-order valence-corrected chi connectivity index (χ0v) is 14.0. The number of furan rings is 1. The molecule has 1 aromatic rings. The molecule has 2 heterocycles. The normalized spacial score (nSPS) is 24.3. The summed E-state index contributed by atoms with van der Waals surface area (Å²) < 4.78 is 5.89. The minimum absolute atomic E-state index is 0.0512. The molecule has 3 rings (SSSR count). The van der Waals surface area contributed by atoms with Crippen molar-refractivity contribution in [2.24, 2.45) is 5.41 Å². The van der Waals surface area contributed by atoms with E-state index in [-0.39, 0.29) is 23.1 Å². The number of rotatable bonds is 1. The highest BCUT2D eigenvalue weighted by Crippen LogP contribution is 2.38. The number of Topliss-reactive ketones (excluding diaryl/α,β-unsaturated/α-hetero) is 1. The van der Waals surface area contributed by atoms with Gasteiger partial charge in [0.2, 0.25) is 0 Å². The van der Waals surface area contributed by atoms with E-state index in [1.807, 2.05) is 11.8 Å². The van der Waals surface area contributed by atoms with Crippen LogP contribution in [-0.4, -0.2) is 29.2 Å². The molecule has 1 unspecified atom stereocenters. The molecule has 1 saturated heterocycles. The van der Waals surface area contributed by atoms with Crippen LogP contribution in [0.25, 0.3) is 0 Å². The van der Waals surface area contributed by atoms with E-state index in [1.165, 1.54) is 6.42 Å². The summed E-state index contributed by atoms with van der Waals surface area (Å²) in [5, 5.41) is 0. The molecule has 1 amide bonds. The predicted octanol–water partition coefficient (Wildman–Crippen LogP) is 3.76. The van der Waals surface area contributed by atoms with E-state index in [1.54, 1.807) is 0 Å². The fourth-order valence-electron chi connectivity index (χ4n) is 3.82. The van der Waals surface area contributed by atoms with E-state index in [9.17, 15) is 9.59 Å². The molecule has 0 radical (unpaired) electrons. The van der Waals surface area contributed by atoms with Crippen LogP contribution in [-0.2, 0) is 6.42 Å². The van der Waals surface area contributed by atoms with Gasteiger partial charge in [-0.05, 0) is 38.5 Å². The quantitative estimate of drug-likeness (QED) is 0.793. The van der Waals surface area contributed by atoms with Crippen LogP contribution >= 0.6 is 0 Å². The summed E-state index contributed by atoms with van der Waals surface area (Å²) >= 11 is 0. The maximum absolute atomic E-state index is 12.8. The Bertz CT molecular complexity index is 627. The molecule has 1 aliphatic heterocycles. The number of hydrogen-bond acceptors (Lipinski definition) is 3. The molecule has 22 heavy (non-hydrogen) atoms. The average Bonchev–Trinajstić information content (AvgIpc) is 2.74. The summed E-state index contributed by atoms with van der Waals surface area (Å²) in [6, 6.07) is 0.245. The van der Waals surface area contributed by atoms with Crippen molar-refractivity contribution in [1.29, 1.82) is 0 Å². The Morgan fingerprint density at radius 3 is 2.68 bits per heavy atom. The van der Waals surface area contributed by atoms with Crippen LogP contribution in [0.3, 0.4) is 0 Å².